The number of benzene rings is 1. The molecule has 0 aliphatic carbocycles. The molecule has 0 aromatic heterocycles. The Balaban J connectivity index is 0.000000297. The van der Waals surface area contributed by atoms with Crippen LogP contribution >= 0.6 is 6.58 Å². The standard InChI is InChI=1S/C12H15BNO.CH3BPS/c1-12(10-6-3-2-4-7-10)11-8-5-9-14(11)13-15-12;1-3(2)4/h2-4,6-7,11H,5,8-9H2,1H3;1H3/q;+1/t11-,12?;/m0./s1. The summed E-state index contributed by atoms with van der Waals surface area (Å²) in [5.74, 6) is 0. The third kappa shape index (κ3) is 3.46. The minimum Gasteiger partial charge on any atom is -0.413 e. The first-order chi connectivity index (χ1) is 9.04. The van der Waals surface area contributed by atoms with Gasteiger partial charge < -0.3 is 9.47 Å². The van der Waals surface area contributed by atoms with Crippen LogP contribution in [0.5, 0.6) is 0 Å². The minimum atomic E-state index is -0.537. The molecule has 2 saturated heterocycles. The Morgan fingerprint density at radius 3 is 2.74 bits per heavy atom. The molecule has 97 valence electrons. The lowest BCUT2D eigenvalue weighted by Crippen LogP contribution is -2.37. The van der Waals surface area contributed by atoms with E-state index in [0.717, 1.165) is 6.54 Å². The minimum absolute atomic E-state index is 0.141. The van der Waals surface area contributed by atoms with Crippen LogP contribution in [0.25, 0.3) is 0 Å². The zero-order chi connectivity index (χ0) is 13.9. The Labute approximate surface area is 124 Å². The number of nitrogens with zero attached hydrogens (tertiary/aromatic N) is 1. The van der Waals surface area contributed by atoms with Gasteiger partial charge in [-0.15, -0.1) is 0 Å². The molecule has 0 saturated carbocycles. The van der Waals surface area contributed by atoms with Gasteiger partial charge in [-0.2, -0.15) is 0 Å². The van der Waals surface area contributed by atoms with Crippen LogP contribution in [0.4, 0.5) is 0 Å². The van der Waals surface area contributed by atoms with Gasteiger partial charge in [0.2, 0.25) is 0 Å². The molecule has 2 fully saturated rings. The van der Waals surface area contributed by atoms with Crippen LogP contribution in [0.15, 0.2) is 30.3 Å². The molecule has 6 heteroatoms. The highest BCUT2D eigenvalue weighted by Gasteiger charge is 2.48. The number of hydrogen-bond acceptors (Lipinski definition) is 3. The normalized spacial score (nSPS) is 30.0. The lowest BCUT2D eigenvalue weighted by molar-refractivity contribution is 0.0842. The van der Waals surface area contributed by atoms with E-state index in [9.17, 15) is 0 Å². The van der Waals surface area contributed by atoms with Gasteiger partial charge in [0.15, 0.2) is 0 Å². The predicted molar refractivity (Wildman–Crippen MR) is 86.3 cm³/mol. The average Bonchev–Trinajstić information content (AvgIpc) is 2.95. The van der Waals surface area contributed by atoms with E-state index in [-0.39, 0.29) is 5.60 Å². The molecule has 3 atom stereocenters. The Hall–Kier alpha value is -0.210. The van der Waals surface area contributed by atoms with E-state index in [1.54, 1.807) is 0 Å². The predicted octanol–water partition coefficient (Wildman–Crippen LogP) is 2.57. The topological polar surface area (TPSA) is 12.5 Å². The van der Waals surface area contributed by atoms with E-state index in [2.05, 4.69) is 53.9 Å². The Kier molecular flexibility index (Phi) is 5.19. The van der Waals surface area contributed by atoms with Crippen molar-refractivity contribution in [3.05, 3.63) is 35.9 Å². The van der Waals surface area contributed by atoms with Crippen molar-refractivity contribution in [2.75, 3.05) is 13.2 Å². The zero-order valence-electron chi connectivity index (χ0n) is 11.5. The van der Waals surface area contributed by atoms with E-state index in [1.165, 1.54) is 18.4 Å². The van der Waals surface area contributed by atoms with Crippen molar-refractivity contribution in [2.45, 2.75) is 31.4 Å². The first-order valence-corrected chi connectivity index (χ1v) is 9.39. The highest BCUT2D eigenvalue weighted by Crippen LogP contribution is 2.41. The van der Waals surface area contributed by atoms with Crippen LogP contribution in [0.3, 0.4) is 0 Å². The second-order valence-corrected chi connectivity index (χ2v) is 7.96. The Morgan fingerprint density at radius 2 is 2.11 bits per heavy atom. The summed E-state index contributed by atoms with van der Waals surface area (Å²) in [5.41, 5.74) is 1.15. The van der Waals surface area contributed by atoms with Gasteiger partial charge in [-0.3, -0.25) is 0 Å². The lowest BCUT2D eigenvalue weighted by atomic mass is 9.87. The van der Waals surface area contributed by atoms with Crippen LogP contribution in [0, 0.1) is 0 Å². The van der Waals surface area contributed by atoms with E-state index < -0.39 is 6.58 Å². The van der Waals surface area contributed by atoms with Gasteiger partial charge in [0, 0.05) is 6.04 Å². The molecule has 0 spiro atoms. The highest BCUT2D eigenvalue weighted by atomic mass is 32.4. The largest absolute Gasteiger partial charge is 0.459 e. The van der Waals surface area contributed by atoms with Gasteiger partial charge in [-0.25, -0.2) is 0 Å². The summed E-state index contributed by atoms with van der Waals surface area (Å²) in [5, 5.41) is 0. The van der Waals surface area contributed by atoms with Gasteiger partial charge in [0.1, 0.15) is 11.8 Å². The molecule has 0 N–H and O–H groups in total. The summed E-state index contributed by atoms with van der Waals surface area (Å²) < 4.78 is 5.89. The molecule has 2 aliphatic heterocycles. The molecule has 2 aliphatic rings. The molecular formula is C13H18B2NOPS+. The Bertz CT molecular complexity index is 444. The van der Waals surface area contributed by atoms with Crippen molar-refractivity contribution in [2.24, 2.45) is 0 Å². The Morgan fingerprint density at radius 1 is 1.47 bits per heavy atom. The molecule has 1 aromatic carbocycles. The molecule has 1 aromatic rings. The third-order valence-corrected chi connectivity index (χ3v) is 3.71. The number of rotatable bonds is 1. The van der Waals surface area contributed by atoms with Crippen molar-refractivity contribution >= 4 is 33.6 Å². The van der Waals surface area contributed by atoms with E-state index in [4.69, 9.17) is 12.2 Å². The summed E-state index contributed by atoms with van der Waals surface area (Å²) in [6.07, 6.45) is 2.52. The fourth-order valence-corrected chi connectivity index (χ4v) is 2.79. The monoisotopic (exact) mass is 289 g/mol. The smallest absolute Gasteiger partial charge is 0.413 e. The van der Waals surface area contributed by atoms with Gasteiger partial charge >= 0.3 is 15.2 Å². The van der Waals surface area contributed by atoms with Crippen molar-refractivity contribution in [1.82, 2.24) is 4.81 Å². The second-order valence-electron chi connectivity index (χ2n) is 5.14. The first-order valence-electron chi connectivity index (χ1n) is 6.52. The van der Waals surface area contributed by atoms with E-state index in [1.807, 2.05) is 14.3 Å². The molecule has 0 bridgehead atoms. The summed E-state index contributed by atoms with van der Waals surface area (Å²) >= 11 is 4.46. The molecular weight excluding hydrogens is 271 g/mol. The summed E-state index contributed by atoms with van der Waals surface area (Å²) in [7, 11) is 6.91. The van der Waals surface area contributed by atoms with Crippen LogP contribution in [0.1, 0.15) is 25.3 Å². The van der Waals surface area contributed by atoms with Gasteiger partial charge in [-0.05, 0) is 31.9 Å². The van der Waals surface area contributed by atoms with Crippen molar-refractivity contribution in [3.63, 3.8) is 0 Å². The zero-order valence-corrected chi connectivity index (χ0v) is 13.2. The van der Waals surface area contributed by atoms with Crippen molar-refractivity contribution in [3.8, 4) is 0 Å². The SMILES string of the molecule is CC1(c2ccccc2)O[B]N2CCC[C@H]21.[B][P+](C)=S. The second kappa shape index (κ2) is 6.49. The third-order valence-electron chi connectivity index (χ3n) is 3.71. The molecule has 0 amide bonds. The van der Waals surface area contributed by atoms with Gasteiger partial charge in [0.05, 0.1) is 18.8 Å². The first kappa shape index (κ1) is 15.2. The van der Waals surface area contributed by atoms with Crippen molar-refractivity contribution in [1.29, 1.82) is 0 Å². The molecule has 2 heterocycles. The average molecular weight is 289 g/mol. The molecule has 2 unspecified atom stereocenters. The lowest BCUT2D eigenvalue weighted by Gasteiger charge is -2.31. The highest BCUT2D eigenvalue weighted by molar-refractivity contribution is 8.16. The van der Waals surface area contributed by atoms with Gasteiger partial charge in [0.25, 0.3) is 0 Å². The summed E-state index contributed by atoms with van der Waals surface area (Å²) in [6, 6.07) is 11.1. The molecule has 3 radical (unpaired) electrons. The maximum absolute atomic E-state index is 5.89. The van der Waals surface area contributed by atoms with E-state index in [0.29, 0.717) is 6.04 Å². The van der Waals surface area contributed by atoms with E-state index >= 15 is 0 Å². The van der Waals surface area contributed by atoms with Gasteiger partial charge in [-0.1, -0.05) is 30.3 Å². The molecule has 2 nitrogen and oxygen atoms in total. The summed E-state index contributed by atoms with van der Waals surface area (Å²) in [4.78, 5) is 2.34. The quantitative estimate of drug-likeness (QED) is 0.582. The maximum atomic E-state index is 5.89. The fourth-order valence-electron chi connectivity index (χ4n) is 2.79. The number of hydrogen-bond donors (Lipinski definition) is 0. The van der Waals surface area contributed by atoms with Crippen LogP contribution in [-0.2, 0) is 22.1 Å². The molecule has 3 rings (SSSR count). The summed E-state index contributed by atoms with van der Waals surface area (Å²) in [6.45, 7) is 4.64. The fraction of sp³-hybridized carbons (Fsp3) is 0.538. The number of fused-ring (bicyclic) bond motifs is 1. The maximum Gasteiger partial charge on any atom is 0.459 e. The van der Waals surface area contributed by atoms with Crippen LogP contribution in [0.2, 0.25) is 0 Å². The van der Waals surface area contributed by atoms with Crippen LogP contribution < -0.4 is 0 Å². The molecule has 19 heavy (non-hydrogen) atoms. The van der Waals surface area contributed by atoms with Crippen molar-refractivity contribution < 1.29 is 4.65 Å². The van der Waals surface area contributed by atoms with Crippen LogP contribution in [-0.4, -0.2) is 39.2 Å².